The summed E-state index contributed by atoms with van der Waals surface area (Å²) in [5, 5.41) is 3.14. The molecule has 0 aromatic heterocycles. The number of anilines is 2. The van der Waals surface area contributed by atoms with Gasteiger partial charge in [-0.05, 0) is 77.4 Å². The van der Waals surface area contributed by atoms with Crippen molar-refractivity contribution in [2.24, 2.45) is 11.8 Å². The van der Waals surface area contributed by atoms with Gasteiger partial charge in [-0.1, -0.05) is 74.2 Å². The molecular formula is C34H40N2O3. The number of benzene rings is 3. The Labute approximate surface area is 233 Å². The van der Waals surface area contributed by atoms with E-state index in [1.807, 2.05) is 19.2 Å². The normalized spacial score (nSPS) is 16.8. The molecular weight excluding hydrogens is 484 g/mol. The van der Waals surface area contributed by atoms with Crippen molar-refractivity contribution in [2.45, 2.75) is 38.6 Å². The summed E-state index contributed by atoms with van der Waals surface area (Å²) >= 11 is 0. The number of ether oxygens (including phenoxy) is 1. The van der Waals surface area contributed by atoms with E-state index < -0.39 is 0 Å². The number of carbonyl (C=O) groups is 1. The molecule has 5 heteroatoms. The Morgan fingerprint density at radius 2 is 1.56 bits per heavy atom. The Kier molecular flexibility index (Phi) is 11.6. The molecule has 2 fully saturated rings. The van der Waals surface area contributed by atoms with E-state index in [0.29, 0.717) is 0 Å². The van der Waals surface area contributed by atoms with Crippen LogP contribution in [-0.2, 0) is 20.9 Å². The minimum atomic E-state index is -0.357. The van der Waals surface area contributed by atoms with Gasteiger partial charge in [-0.2, -0.15) is 0 Å². The predicted molar refractivity (Wildman–Crippen MR) is 162 cm³/mol. The molecule has 0 amide bonds. The van der Waals surface area contributed by atoms with Crippen molar-refractivity contribution in [3.8, 4) is 11.1 Å². The highest BCUT2D eigenvalue weighted by Crippen LogP contribution is 2.43. The smallest absolute Gasteiger partial charge is 0.330 e. The van der Waals surface area contributed by atoms with Crippen molar-refractivity contribution in [2.75, 3.05) is 31.4 Å². The van der Waals surface area contributed by atoms with Crippen LogP contribution in [0.1, 0.15) is 43.2 Å². The quantitative estimate of drug-likeness (QED) is 0.198. The van der Waals surface area contributed by atoms with E-state index in [-0.39, 0.29) is 5.97 Å². The van der Waals surface area contributed by atoms with Gasteiger partial charge < -0.3 is 15.0 Å². The lowest BCUT2D eigenvalue weighted by molar-refractivity contribution is -0.134. The van der Waals surface area contributed by atoms with Gasteiger partial charge in [0, 0.05) is 38.1 Å². The molecule has 3 aromatic carbocycles. The molecule has 5 nitrogen and oxygen atoms in total. The molecule has 2 bridgehead atoms. The Morgan fingerprint density at radius 3 is 2.05 bits per heavy atom. The summed E-state index contributed by atoms with van der Waals surface area (Å²) in [5.74, 6) is 3.24. The number of hydrogen-bond acceptors (Lipinski definition) is 5. The second-order valence-corrected chi connectivity index (χ2v) is 10.1. The van der Waals surface area contributed by atoms with Crippen LogP contribution in [-0.4, -0.2) is 33.1 Å². The molecule has 0 heterocycles. The molecule has 39 heavy (non-hydrogen) atoms. The fourth-order valence-corrected chi connectivity index (χ4v) is 5.27. The van der Waals surface area contributed by atoms with E-state index in [1.54, 1.807) is 38.2 Å². The van der Waals surface area contributed by atoms with Gasteiger partial charge in [0.25, 0.3) is 0 Å². The summed E-state index contributed by atoms with van der Waals surface area (Å²) in [6.45, 7) is 3.48. The fraction of sp³-hybridized carbons (Fsp3) is 0.324. The lowest BCUT2D eigenvalue weighted by atomic mass is 10.0. The first-order valence-corrected chi connectivity index (χ1v) is 13.5. The number of hydrogen-bond donors (Lipinski definition) is 1. The monoisotopic (exact) mass is 524 g/mol. The molecule has 2 aliphatic rings. The van der Waals surface area contributed by atoms with Crippen LogP contribution in [0.5, 0.6) is 0 Å². The molecule has 204 valence electrons. The number of nitrogens with one attached hydrogen (secondary N) is 1. The molecule has 0 atom stereocenters. The maximum absolute atomic E-state index is 11.3. The lowest BCUT2D eigenvalue weighted by Gasteiger charge is -2.20. The maximum atomic E-state index is 11.3. The van der Waals surface area contributed by atoms with Crippen molar-refractivity contribution < 1.29 is 14.3 Å². The predicted octanol–water partition coefficient (Wildman–Crippen LogP) is 7.42. The first kappa shape index (κ1) is 29.5. The number of carbonyl (C=O) groups excluding carboxylic acids is 2. The van der Waals surface area contributed by atoms with E-state index in [4.69, 9.17) is 4.79 Å². The second kappa shape index (κ2) is 15.4. The van der Waals surface area contributed by atoms with E-state index >= 15 is 0 Å². The first-order valence-electron chi connectivity index (χ1n) is 13.5. The summed E-state index contributed by atoms with van der Waals surface area (Å²) in [5.41, 5.74) is 6.79. The molecule has 0 saturated heterocycles. The Balaban J connectivity index is 0.000000349. The Bertz CT molecular complexity index is 1220. The molecule has 0 spiro atoms. The number of methoxy groups -OCH3 is 1. The lowest BCUT2D eigenvalue weighted by Crippen LogP contribution is -2.16. The van der Waals surface area contributed by atoms with Crippen LogP contribution >= 0.6 is 0 Å². The van der Waals surface area contributed by atoms with E-state index in [2.05, 4.69) is 89.2 Å². The summed E-state index contributed by atoms with van der Waals surface area (Å²) in [4.78, 5) is 22.0. The highest BCUT2D eigenvalue weighted by Gasteiger charge is 2.30. The van der Waals surface area contributed by atoms with Crippen LogP contribution in [0.15, 0.2) is 85.5 Å². The third-order valence-corrected chi connectivity index (χ3v) is 7.44. The van der Waals surface area contributed by atoms with Crippen molar-refractivity contribution in [1.82, 2.24) is 0 Å². The van der Waals surface area contributed by atoms with Gasteiger partial charge in [-0.3, -0.25) is 0 Å². The van der Waals surface area contributed by atoms with Crippen LogP contribution in [0.4, 0.5) is 11.4 Å². The molecule has 1 N–H and O–H groups in total. The fourth-order valence-electron chi connectivity index (χ4n) is 5.27. The Hall–Kier alpha value is -4.08. The van der Waals surface area contributed by atoms with Crippen molar-refractivity contribution in [3.05, 3.63) is 96.6 Å². The summed E-state index contributed by atoms with van der Waals surface area (Å²) in [6, 6.07) is 25.1. The second-order valence-electron chi connectivity index (χ2n) is 10.1. The molecule has 2 saturated carbocycles. The van der Waals surface area contributed by atoms with Crippen LogP contribution in [0.3, 0.4) is 0 Å². The largest absolute Gasteiger partial charge is 0.466 e. The third kappa shape index (κ3) is 9.31. The average Bonchev–Trinajstić information content (AvgIpc) is 3.64. The van der Waals surface area contributed by atoms with Gasteiger partial charge in [0.05, 0.1) is 7.11 Å². The van der Waals surface area contributed by atoms with Crippen molar-refractivity contribution in [1.29, 1.82) is 0 Å². The summed E-state index contributed by atoms with van der Waals surface area (Å²) < 4.78 is 4.64. The molecule has 5 rings (SSSR count). The van der Waals surface area contributed by atoms with E-state index in [1.165, 1.54) is 47.7 Å². The number of fused-ring (bicyclic) bond motifs is 2. The maximum Gasteiger partial charge on any atom is 0.330 e. The number of rotatable bonds is 7. The van der Waals surface area contributed by atoms with Gasteiger partial charge >= 0.3 is 5.97 Å². The third-order valence-electron chi connectivity index (χ3n) is 7.44. The zero-order valence-electron chi connectivity index (χ0n) is 23.4. The zero-order chi connectivity index (χ0) is 28.0. The first-order chi connectivity index (χ1) is 18.9. The van der Waals surface area contributed by atoms with Crippen molar-refractivity contribution in [3.63, 3.8) is 0 Å². The van der Waals surface area contributed by atoms with Crippen LogP contribution in [0.2, 0.25) is 0 Å². The van der Waals surface area contributed by atoms with Gasteiger partial charge in [0.1, 0.15) is 5.94 Å². The summed E-state index contributed by atoms with van der Waals surface area (Å²) in [6.07, 6.45) is 11.0. The SMILES string of the molecule is C1CC2CCC1C2.C=C=O.CNc1ccc(-c2ccc(CN(C)c3cccc(/C=C/C(=O)OC)c3)cc2)cc1. The number of esters is 1. The molecule has 2 aliphatic carbocycles. The Morgan fingerprint density at radius 1 is 1.00 bits per heavy atom. The molecule has 3 aromatic rings. The van der Waals surface area contributed by atoms with Gasteiger partial charge in [-0.15, -0.1) is 0 Å². The molecule has 0 aliphatic heterocycles. The van der Waals surface area contributed by atoms with Crippen molar-refractivity contribution >= 4 is 29.4 Å². The van der Waals surface area contributed by atoms with Gasteiger partial charge in [0.15, 0.2) is 0 Å². The standard InChI is InChI=1S/C25H26N2O2.C7H12.C2H2O/c1-26-23-14-12-22(13-15-23)21-10-7-20(8-11-21)18-27(2)24-6-4-5-19(17-24)9-16-25(28)29-3;1-2-7-4-3-6(1)5-7;1-2-3/h4-17,26H,18H2,1-3H3;6-7H,1-5H2;1H2/b16-9+;;. The minimum Gasteiger partial charge on any atom is -0.466 e. The summed E-state index contributed by atoms with van der Waals surface area (Å²) in [7, 11) is 5.36. The highest BCUT2D eigenvalue weighted by molar-refractivity contribution is 5.87. The highest BCUT2D eigenvalue weighted by atomic mass is 16.5. The molecule has 0 unspecified atom stereocenters. The van der Waals surface area contributed by atoms with E-state index in [9.17, 15) is 4.79 Å². The number of nitrogens with zero attached hydrogens (tertiary/aromatic N) is 1. The minimum absolute atomic E-state index is 0.357. The van der Waals surface area contributed by atoms with Crippen LogP contribution in [0, 0.1) is 11.8 Å². The van der Waals surface area contributed by atoms with Crippen LogP contribution < -0.4 is 10.2 Å². The average molecular weight is 525 g/mol. The van der Waals surface area contributed by atoms with Crippen LogP contribution in [0.25, 0.3) is 17.2 Å². The topological polar surface area (TPSA) is 58.6 Å². The van der Waals surface area contributed by atoms with E-state index in [0.717, 1.165) is 23.5 Å². The zero-order valence-corrected chi connectivity index (χ0v) is 23.4. The van der Waals surface area contributed by atoms with Gasteiger partial charge in [0.2, 0.25) is 0 Å². The van der Waals surface area contributed by atoms with Gasteiger partial charge in [-0.25, -0.2) is 9.59 Å². The molecule has 0 radical (unpaired) electrons.